The lowest BCUT2D eigenvalue weighted by molar-refractivity contribution is -0.121. The quantitative estimate of drug-likeness (QED) is 0.273. The average molecular weight is 229 g/mol. The first-order valence-electron chi connectivity index (χ1n) is 6.24. The summed E-state index contributed by atoms with van der Waals surface area (Å²) in [6.07, 6.45) is 4.99. The molecule has 0 rings (SSSR count). The van der Waals surface area contributed by atoms with Gasteiger partial charge >= 0.3 is 0 Å². The molecule has 0 heterocycles. The lowest BCUT2D eigenvalue weighted by atomic mass is 10.1. The fraction of sp³-hybridized carbons (Fsp3) is 0.917. The molecule has 0 fully saturated rings. The molecule has 0 aliphatic carbocycles. The van der Waals surface area contributed by atoms with E-state index in [9.17, 15) is 4.79 Å². The molecule has 96 valence electrons. The van der Waals surface area contributed by atoms with Crippen molar-refractivity contribution in [3.05, 3.63) is 0 Å². The van der Waals surface area contributed by atoms with E-state index in [1.165, 1.54) is 13.0 Å². The van der Waals surface area contributed by atoms with Gasteiger partial charge in [0.2, 0.25) is 5.91 Å². The molecule has 4 heteroatoms. The molecule has 0 unspecified atom stereocenters. The summed E-state index contributed by atoms with van der Waals surface area (Å²) in [6, 6.07) is 0. The van der Waals surface area contributed by atoms with Crippen LogP contribution < -0.4 is 11.3 Å². The van der Waals surface area contributed by atoms with Crippen LogP contribution >= 0.6 is 0 Å². The van der Waals surface area contributed by atoms with E-state index in [0.29, 0.717) is 6.42 Å². The van der Waals surface area contributed by atoms with Gasteiger partial charge in [-0.3, -0.25) is 10.2 Å². The Morgan fingerprint density at radius 2 is 1.94 bits per heavy atom. The SMILES string of the molecule is CC(C)CCN(C)CCCCCC(=O)NN. The van der Waals surface area contributed by atoms with Crippen LogP contribution in [0.15, 0.2) is 0 Å². The predicted octanol–water partition coefficient (Wildman–Crippen LogP) is 1.51. The standard InChI is InChI=1S/C12H27N3O/c1-11(2)8-10-15(3)9-6-4-5-7-12(16)14-13/h11H,4-10,13H2,1-3H3,(H,14,16). The normalized spacial score (nSPS) is 11.1. The lowest BCUT2D eigenvalue weighted by Gasteiger charge is -2.17. The van der Waals surface area contributed by atoms with Crippen LogP contribution in [-0.4, -0.2) is 30.9 Å². The zero-order valence-corrected chi connectivity index (χ0v) is 11.0. The molecule has 0 aromatic rings. The lowest BCUT2D eigenvalue weighted by Crippen LogP contribution is -2.29. The van der Waals surface area contributed by atoms with Crippen molar-refractivity contribution in [1.29, 1.82) is 0 Å². The van der Waals surface area contributed by atoms with Crippen LogP contribution in [0.5, 0.6) is 0 Å². The van der Waals surface area contributed by atoms with Gasteiger partial charge in [-0.1, -0.05) is 20.3 Å². The van der Waals surface area contributed by atoms with Crippen molar-refractivity contribution in [3.8, 4) is 0 Å². The van der Waals surface area contributed by atoms with Crippen molar-refractivity contribution < 1.29 is 4.79 Å². The summed E-state index contributed by atoms with van der Waals surface area (Å²) in [7, 11) is 2.16. The molecule has 3 N–H and O–H groups in total. The first-order valence-corrected chi connectivity index (χ1v) is 6.24. The summed E-state index contributed by atoms with van der Waals surface area (Å²) in [6.45, 7) is 6.79. The highest BCUT2D eigenvalue weighted by Gasteiger charge is 2.01. The Morgan fingerprint density at radius 3 is 2.50 bits per heavy atom. The van der Waals surface area contributed by atoms with Gasteiger partial charge in [0.25, 0.3) is 0 Å². The van der Waals surface area contributed by atoms with Crippen molar-refractivity contribution >= 4 is 5.91 Å². The number of carbonyl (C=O) groups excluding carboxylic acids is 1. The molecule has 0 aromatic carbocycles. The van der Waals surface area contributed by atoms with E-state index in [-0.39, 0.29) is 5.91 Å². The number of carbonyl (C=O) groups is 1. The molecule has 0 bridgehead atoms. The summed E-state index contributed by atoms with van der Waals surface area (Å²) >= 11 is 0. The minimum absolute atomic E-state index is 0.0619. The van der Waals surface area contributed by atoms with E-state index in [1.807, 2.05) is 0 Å². The largest absolute Gasteiger partial charge is 0.306 e. The highest BCUT2D eigenvalue weighted by atomic mass is 16.2. The highest BCUT2D eigenvalue weighted by Crippen LogP contribution is 2.04. The second-order valence-corrected chi connectivity index (χ2v) is 4.86. The fourth-order valence-electron chi connectivity index (χ4n) is 1.51. The van der Waals surface area contributed by atoms with Crippen LogP contribution in [0.3, 0.4) is 0 Å². The van der Waals surface area contributed by atoms with Crippen LogP contribution in [-0.2, 0) is 4.79 Å². The monoisotopic (exact) mass is 229 g/mol. The molecule has 0 radical (unpaired) electrons. The van der Waals surface area contributed by atoms with Gasteiger partial charge in [-0.15, -0.1) is 0 Å². The van der Waals surface area contributed by atoms with Crippen molar-refractivity contribution in [1.82, 2.24) is 10.3 Å². The molecular formula is C12H27N3O. The maximum absolute atomic E-state index is 10.8. The first-order chi connectivity index (χ1) is 7.56. The number of rotatable bonds is 9. The molecule has 0 atom stereocenters. The Labute approximate surface area is 99.5 Å². The number of hydrazine groups is 1. The molecule has 0 saturated carbocycles. The molecule has 0 aliphatic heterocycles. The smallest absolute Gasteiger partial charge is 0.233 e. The molecule has 1 amide bonds. The maximum atomic E-state index is 10.8. The van der Waals surface area contributed by atoms with E-state index in [1.54, 1.807) is 0 Å². The van der Waals surface area contributed by atoms with Crippen LogP contribution in [0.2, 0.25) is 0 Å². The summed E-state index contributed by atoms with van der Waals surface area (Å²) < 4.78 is 0. The Kier molecular flexibility index (Phi) is 9.24. The molecule has 16 heavy (non-hydrogen) atoms. The predicted molar refractivity (Wildman–Crippen MR) is 67.8 cm³/mol. The topological polar surface area (TPSA) is 58.4 Å². The van der Waals surface area contributed by atoms with Crippen LogP contribution in [0, 0.1) is 5.92 Å². The van der Waals surface area contributed by atoms with Crippen molar-refractivity contribution in [3.63, 3.8) is 0 Å². The Bertz CT molecular complexity index is 183. The van der Waals surface area contributed by atoms with Gasteiger partial charge in [0.05, 0.1) is 0 Å². The summed E-state index contributed by atoms with van der Waals surface area (Å²) in [5, 5.41) is 0. The summed E-state index contributed by atoms with van der Waals surface area (Å²) in [4.78, 5) is 13.2. The minimum atomic E-state index is -0.0619. The van der Waals surface area contributed by atoms with Gasteiger partial charge in [-0.05, 0) is 45.3 Å². The third-order valence-electron chi connectivity index (χ3n) is 2.69. The Hall–Kier alpha value is -0.610. The zero-order valence-electron chi connectivity index (χ0n) is 11.0. The van der Waals surface area contributed by atoms with E-state index >= 15 is 0 Å². The molecule has 0 aromatic heterocycles. The van der Waals surface area contributed by atoms with Gasteiger partial charge < -0.3 is 4.90 Å². The van der Waals surface area contributed by atoms with Gasteiger partial charge in [0.1, 0.15) is 0 Å². The Balaban J connectivity index is 3.27. The molecule has 0 aliphatic rings. The first kappa shape index (κ1) is 15.4. The highest BCUT2D eigenvalue weighted by molar-refractivity contribution is 5.74. The minimum Gasteiger partial charge on any atom is -0.306 e. The van der Waals surface area contributed by atoms with Gasteiger partial charge in [0.15, 0.2) is 0 Å². The van der Waals surface area contributed by atoms with Gasteiger partial charge in [-0.2, -0.15) is 0 Å². The van der Waals surface area contributed by atoms with Crippen molar-refractivity contribution in [2.75, 3.05) is 20.1 Å². The van der Waals surface area contributed by atoms with Crippen LogP contribution in [0.25, 0.3) is 0 Å². The number of nitrogens with zero attached hydrogens (tertiary/aromatic N) is 1. The van der Waals surface area contributed by atoms with E-state index < -0.39 is 0 Å². The zero-order chi connectivity index (χ0) is 12.4. The maximum Gasteiger partial charge on any atom is 0.233 e. The van der Waals surface area contributed by atoms with Crippen LogP contribution in [0.1, 0.15) is 46.0 Å². The summed E-state index contributed by atoms with van der Waals surface area (Å²) in [5.41, 5.74) is 2.15. The number of amides is 1. The molecule has 0 saturated heterocycles. The molecule has 0 spiro atoms. The summed E-state index contributed by atoms with van der Waals surface area (Å²) in [5.74, 6) is 5.71. The second-order valence-electron chi connectivity index (χ2n) is 4.86. The molecular weight excluding hydrogens is 202 g/mol. The number of hydrogen-bond acceptors (Lipinski definition) is 3. The third kappa shape index (κ3) is 9.93. The fourth-order valence-corrected chi connectivity index (χ4v) is 1.51. The number of hydrogen-bond donors (Lipinski definition) is 2. The van der Waals surface area contributed by atoms with E-state index in [2.05, 4.69) is 31.2 Å². The average Bonchev–Trinajstić information content (AvgIpc) is 2.25. The third-order valence-corrected chi connectivity index (χ3v) is 2.69. The van der Waals surface area contributed by atoms with Crippen LogP contribution in [0.4, 0.5) is 0 Å². The van der Waals surface area contributed by atoms with E-state index in [0.717, 1.165) is 31.7 Å². The van der Waals surface area contributed by atoms with Gasteiger partial charge in [-0.25, -0.2) is 5.84 Å². The van der Waals surface area contributed by atoms with Crippen molar-refractivity contribution in [2.45, 2.75) is 46.0 Å². The number of nitrogens with one attached hydrogen (secondary N) is 1. The van der Waals surface area contributed by atoms with E-state index in [4.69, 9.17) is 5.84 Å². The Morgan fingerprint density at radius 1 is 1.25 bits per heavy atom. The van der Waals surface area contributed by atoms with Gasteiger partial charge in [0, 0.05) is 6.42 Å². The number of unbranched alkanes of at least 4 members (excludes halogenated alkanes) is 2. The second kappa shape index (κ2) is 9.60. The van der Waals surface area contributed by atoms with Crippen molar-refractivity contribution in [2.24, 2.45) is 11.8 Å². The number of nitrogens with two attached hydrogens (primary N) is 1. The molecule has 4 nitrogen and oxygen atoms in total.